The first kappa shape index (κ1) is 13.8. The molecule has 1 fully saturated rings. The minimum absolute atomic E-state index is 0.185. The number of nitrogens with one attached hydrogen (secondary N) is 1. The van der Waals surface area contributed by atoms with Gasteiger partial charge in [0.25, 0.3) is 5.91 Å². The highest BCUT2D eigenvalue weighted by Gasteiger charge is 2.39. The topological polar surface area (TPSA) is 67.8 Å². The van der Waals surface area contributed by atoms with Crippen molar-refractivity contribution in [3.8, 4) is 5.75 Å². The summed E-state index contributed by atoms with van der Waals surface area (Å²) in [5.41, 5.74) is -0.469. The molecule has 2 atom stereocenters. The third-order valence-electron chi connectivity index (χ3n) is 3.55. The highest BCUT2D eigenvalue weighted by atomic mass is 16.5. The number of hydrogen-bond acceptors (Lipinski definition) is 4. The van der Waals surface area contributed by atoms with Crippen LogP contribution in [0.4, 0.5) is 0 Å². The van der Waals surface area contributed by atoms with Gasteiger partial charge in [-0.05, 0) is 25.1 Å². The number of benzene rings is 1. The van der Waals surface area contributed by atoms with Gasteiger partial charge in [-0.15, -0.1) is 0 Å². The molecule has 1 amide bonds. The van der Waals surface area contributed by atoms with E-state index < -0.39 is 5.60 Å². The second-order valence-corrected chi connectivity index (χ2v) is 4.78. The van der Waals surface area contributed by atoms with Crippen molar-refractivity contribution < 1.29 is 19.4 Å². The monoisotopic (exact) mass is 265 g/mol. The van der Waals surface area contributed by atoms with E-state index in [2.05, 4.69) is 5.32 Å². The van der Waals surface area contributed by atoms with Crippen LogP contribution in [0.3, 0.4) is 0 Å². The number of ether oxygens (including phenoxy) is 2. The zero-order valence-electron chi connectivity index (χ0n) is 11.2. The summed E-state index contributed by atoms with van der Waals surface area (Å²) < 4.78 is 10.4. The van der Waals surface area contributed by atoms with Crippen LogP contribution in [-0.2, 0) is 4.74 Å². The molecule has 0 aromatic heterocycles. The number of carbonyl (C=O) groups excluding carboxylic acids is 1. The molecule has 0 radical (unpaired) electrons. The van der Waals surface area contributed by atoms with Crippen LogP contribution in [0.15, 0.2) is 24.3 Å². The summed E-state index contributed by atoms with van der Waals surface area (Å²) in [7, 11) is 1.55. The van der Waals surface area contributed by atoms with Crippen LogP contribution in [0.1, 0.15) is 23.7 Å². The minimum Gasteiger partial charge on any atom is -0.497 e. The largest absolute Gasteiger partial charge is 0.497 e. The summed E-state index contributed by atoms with van der Waals surface area (Å²) >= 11 is 0. The smallest absolute Gasteiger partial charge is 0.251 e. The normalized spacial score (nSPS) is 26.2. The van der Waals surface area contributed by atoms with Gasteiger partial charge >= 0.3 is 0 Å². The lowest BCUT2D eigenvalue weighted by Crippen LogP contribution is -2.47. The van der Waals surface area contributed by atoms with Crippen molar-refractivity contribution in [3.63, 3.8) is 0 Å². The molecule has 0 aliphatic carbocycles. The molecule has 5 nitrogen and oxygen atoms in total. The van der Waals surface area contributed by atoms with Crippen molar-refractivity contribution in [1.29, 1.82) is 0 Å². The van der Waals surface area contributed by atoms with E-state index in [0.717, 1.165) is 0 Å². The second kappa shape index (κ2) is 5.59. The molecule has 19 heavy (non-hydrogen) atoms. The van der Waals surface area contributed by atoms with E-state index in [1.54, 1.807) is 31.4 Å². The van der Waals surface area contributed by atoms with Gasteiger partial charge in [0.05, 0.1) is 13.2 Å². The lowest BCUT2D eigenvalue weighted by Gasteiger charge is -2.26. The van der Waals surface area contributed by atoms with Gasteiger partial charge in [0, 0.05) is 25.1 Å². The maximum absolute atomic E-state index is 12.0. The number of hydrogen-bond donors (Lipinski definition) is 2. The molecule has 1 saturated heterocycles. The fraction of sp³-hybridized carbons (Fsp3) is 0.500. The summed E-state index contributed by atoms with van der Waals surface area (Å²) in [6, 6.07) is 6.89. The lowest BCUT2D eigenvalue weighted by atomic mass is 9.96. The van der Waals surface area contributed by atoms with Crippen LogP contribution in [0.25, 0.3) is 0 Å². The summed E-state index contributed by atoms with van der Waals surface area (Å²) in [4.78, 5) is 12.0. The third kappa shape index (κ3) is 3.05. The van der Waals surface area contributed by atoms with Gasteiger partial charge in [0.15, 0.2) is 0 Å². The maximum Gasteiger partial charge on any atom is 0.251 e. The number of methoxy groups -OCH3 is 1. The SMILES string of the molecule is COc1cccc(C(=O)NCC2(O)CCOC2C)c1. The van der Waals surface area contributed by atoms with Gasteiger partial charge in [-0.25, -0.2) is 0 Å². The van der Waals surface area contributed by atoms with E-state index in [-0.39, 0.29) is 18.6 Å². The van der Waals surface area contributed by atoms with Crippen molar-refractivity contribution in [2.24, 2.45) is 0 Å². The van der Waals surface area contributed by atoms with Crippen LogP contribution in [0, 0.1) is 0 Å². The van der Waals surface area contributed by atoms with Gasteiger partial charge in [0.2, 0.25) is 0 Å². The molecule has 1 aromatic rings. The molecule has 0 spiro atoms. The fourth-order valence-electron chi connectivity index (χ4n) is 2.10. The predicted molar refractivity (Wildman–Crippen MR) is 70.3 cm³/mol. The van der Waals surface area contributed by atoms with Crippen molar-refractivity contribution >= 4 is 5.91 Å². The molecule has 0 bridgehead atoms. The average Bonchev–Trinajstić information content (AvgIpc) is 2.76. The zero-order chi connectivity index (χ0) is 13.9. The predicted octanol–water partition coefficient (Wildman–Crippen LogP) is 0.965. The Morgan fingerprint density at radius 2 is 2.42 bits per heavy atom. The Kier molecular flexibility index (Phi) is 4.07. The maximum atomic E-state index is 12.0. The van der Waals surface area contributed by atoms with Gasteiger partial charge in [0.1, 0.15) is 11.4 Å². The molecule has 0 saturated carbocycles. The Labute approximate surface area is 112 Å². The molecule has 1 aliphatic rings. The fourth-order valence-corrected chi connectivity index (χ4v) is 2.10. The van der Waals surface area contributed by atoms with Gasteiger partial charge in [-0.3, -0.25) is 4.79 Å². The Balaban J connectivity index is 1.97. The average molecular weight is 265 g/mol. The molecule has 5 heteroatoms. The number of aliphatic hydroxyl groups is 1. The summed E-state index contributed by atoms with van der Waals surface area (Å²) in [6.07, 6.45) is 0.269. The molecule has 2 unspecified atom stereocenters. The molecule has 1 heterocycles. The molecule has 1 aromatic carbocycles. The summed E-state index contributed by atoms with van der Waals surface area (Å²) in [5.74, 6) is 0.398. The van der Waals surface area contributed by atoms with Crippen LogP contribution in [-0.4, -0.2) is 43.0 Å². The van der Waals surface area contributed by atoms with Gasteiger partial charge < -0.3 is 19.9 Å². The first-order chi connectivity index (χ1) is 9.05. The highest BCUT2D eigenvalue weighted by Crippen LogP contribution is 2.24. The van der Waals surface area contributed by atoms with E-state index >= 15 is 0 Å². The molecular weight excluding hydrogens is 246 g/mol. The molecule has 104 valence electrons. The highest BCUT2D eigenvalue weighted by molar-refractivity contribution is 5.94. The van der Waals surface area contributed by atoms with Crippen LogP contribution in [0.5, 0.6) is 5.75 Å². The first-order valence-corrected chi connectivity index (χ1v) is 6.31. The van der Waals surface area contributed by atoms with Crippen molar-refractivity contribution in [3.05, 3.63) is 29.8 Å². The lowest BCUT2D eigenvalue weighted by molar-refractivity contribution is -0.0251. The van der Waals surface area contributed by atoms with Crippen LogP contribution >= 0.6 is 0 Å². The minimum atomic E-state index is -0.978. The second-order valence-electron chi connectivity index (χ2n) is 4.78. The molecular formula is C14H19NO4. The zero-order valence-corrected chi connectivity index (χ0v) is 11.2. The van der Waals surface area contributed by atoms with Crippen LogP contribution < -0.4 is 10.1 Å². The third-order valence-corrected chi connectivity index (χ3v) is 3.55. The summed E-state index contributed by atoms with van der Waals surface area (Å²) in [5, 5.41) is 13.0. The number of carbonyl (C=O) groups is 1. The Bertz CT molecular complexity index is 463. The Morgan fingerprint density at radius 1 is 1.63 bits per heavy atom. The molecule has 1 aliphatic heterocycles. The van der Waals surface area contributed by atoms with E-state index in [1.807, 2.05) is 6.92 Å². The quantitative estimate of drug-likeness (QED) is 0.851. The first-order valence-electron chi connectivity index (χ1n) is 6.31. The van der Waals surface area contributed by atoms with Gasteiger partial charge in [-0.1, -0.05) is 6.07 Å². The number of rotatable bonds is 4. The van der Waals surface area contributed by atoms with E-state index in [1.165, 1.54) is 0 Å². The molecule has 2 N–H and O–H groups in total. The standard InChI is InChI=1S/C14H19NO4/c1-10-14(17,6-7-19-10)9-15-13(16)11-4-3-5-12(8-11)18-2/h3-5,8,10,17H,6-7,9H2,1-2H3,(H,15,16). The van der Waals surface area contributed by atoms with Crippen molar-refractivity contribution in [1.82, 2.24) is 5.32 Å². The van der Waals surface area contributed by atoms with Crippen molar-refractivity contribution in [2.75, 3.05) is 20.3 Å². The Morgan fingerprint density at radius 3 is 3.05 bits per heavy atom. The van der Waals surface area contributed by atoms with Crippen molar-refractivity contribution in [2.45, 2.75) is 25.0 Å². The summed E-state index contributed by atoms with van der Waals surface area (Å²) in [6.45, 7) is 2.52. The Hall–Kier alpha value is -1.59. The van der Waals surface area contributed by atoms with Gasteiger partial charge in [-0.2, -0.15) is 0 Å². The number of amides is 1. The van der Waals surface area contributed by atoms with E-state index in [4.69, 9.17) is 9.47 Å². The van der Waals surface area contributed by atoms with E-state index in [9.17, 15) is 9.90 Å². The molecule has 2 rings (SSSR count). The van der Waals surface area contributed by atoms with E-state index in [0.29, 0.717) is 24.3 Å². The van der Waals surface area contributed by atoms with Crippen LogP contribution in [0.2, 0.25) is 0 Å².